The summed E-state index contributed by atoms with van der Waals surface area (Å²) in [6.07, 6.45) is 0. The van der Waals surface area contributed by atoms with Crippen molar-refractivity contribution in [3.8, 4) is 0 Å². The molecule has 0 spiro atoms. The van der Waals surface area contributed by atoms with E-state index >= 15 is 0 Å². The Morgan fingerprint density at radius 1 is 0.788 bits per heavy atom. The predicted octanol–water partition coefficient (Wildman–Crippen LogP) is 4.68. The first-order chi connectivity index (χ1) is 15.9. The van der Waals surface area contributed by atoms with Crippen LogP contribution in [0, 0.1) is 0 Å². The van der Waals surface area contributed by atoms with Crippen molar-refractivity contribution in [2.45, 2.75) is 19.5 Å². The molecule has 0 saturated carbocycles. The Hall–Kier alpha value is -4.33. The zero-order valence-corrected chi connectivity index (χ0v) is 18.4. The first-order valence-corrected chi connectivity index (χ1v) is 10.4. The summed E-state index contributed by atoms with van der Waals surface area (Å²) in [6, 6.07) is 22.3. The van der Waals surface area contributed by atoms with Crippen molar-refractivity contribution in [3.63, 3.8) is 0 Å². The molecular weight excluding hydrogens is 420 g/mol. The highest BCUT2D eigenvalue weighted by Crippen LogP contribution is 2.16. The Balaban J connectivity index is 1.45. The second kappa shape index (κ2) is 11.3. The zero-order chi connectivity index (χ0) is 23.6. The molecule has 8 heteroatoms. The van der Waals surface area contributed by atoms with E-state index in [4.69, 9.17) is 0 Å². The zero-order valence-electron chi connectivity index (χ0n) is 18.4. The van der Waals surface area contributed by atoms with Crippen LogP contribution in [0.15, 0.2) is 78.9 Å². The fourth-order valence-corrected chi connectivity index (χ4v) is 3.06. The number of carbonyl (C=O) groups is 3. The number of amides is 4. The van der Waals surface area contributed by atoms with Gasteiger partial charge < -0.3 is 26.0 Å². The van der Waals surface area contributed by atoms with Crippen LogP contribution in [-0.4, -0.2) is 25.1 Å². The van der Waals surface area contributed by atoms with Crippen molar-refractivity contribution in [3.05, 3.63) is 95.6 Å². The molecule has 4 amide bonds. The number of anilines is 2. The quantitative estimate of drug-likeness (QED) is 0.395. The summed E-state index contributed by atoms with van der Waals surface area (Å²) in [4.78, 5) is 35.8. The minimum absolute atomic E-state index is 0.237. The van der Waals surface area contributed by atoms with E-state index in [1.807, 2.05) is 37.3 Å². The van der Waals surface area contributed by atoms with Gasteiger partial charge in [0.25, 0.3) is 0 Å². The van der Waals surface area contributed by atoms with Crippen LogP contribution in [0.1, 0.15) is 34.5 Å². The molecule has 0 aliphatic carbocycles. The number of hydrogen-bond donors (Lipinski definition) is 4. The normalized spacial score (nSPS) is 11.1. The molecule has 3 aromatic rings. The highest BCUT2D eigenvalue weighted by molar-refractivity contribution is 5.99. The number of rotatable bonds is 7. The maximum Gasteiger partial charge on any atom is 0.337 e. The molecule has 0 aliphatic heterocycles. The highest BCUT2D eigenvalue weighted by Gasteiger charge is 2.10. The van der Waals surface area contributed by atoms with Gasteiger partial charge >= 0.3 is 18.0 Å². The van der Waals surface area contributed by atoms with Crippen LogP contribution in [0.4, 0.5) is 21.0 Å². The van der Waals surface area contributed by atoms with Gasteiger partial charge in [-0.05, 0) is 54.4 Å². The molecule has 0 bridgehead atoms. The summed E-state index contributed by atoms with van der Waals surface area (Å²) in [6.45, 7) is 2.19. The lowest BCUT2D eigenvalue weighted by molar-refractivity contribution is 0.0600. The van der Waals surface area contributed by atoms with Crippen molar-refractivity contribution < 1.29 is 19.1 Å². The fraction of sp³-hybridized carbons (Fsp3) is 0.160. The van der Waals surface area contributed by atoms with Crippen molar-refractivity contribution in [2.24, 2.45) is 0 Å². The van der Waals surface area contributed by atoms with Crippen LogP contribution >= 0.6 is 0 Å². The molecule has 3 aromatic carbocycles. The number of para-hydroxylation sites is 1. The second-order valence-electron chi connectivity index (χ2n) is 7.30. The summed E-state index contributed by atoms with van der Waals surface area (Å²) >= 11 is 0. The lowest BCUT2D eigenvalue weighted by atomic mass is 10.1. The van der Waals surface area contributed by atoms with Gasteiger partial charge in [-0.2, -0.15) is 0 Å². The molecule has 0 aromatic heterocycles. The highest BCUT2D eigenvalue weighted by atomic mass is 16.5. The van der Waals surface area contributed by atoms with Crippen LogP contribution in [0.2, 0.25) is 0 Å². The summed E-state index contributed by atoms with van der Waals surface area (Å²) < 4.78 is 4.67. The topological polar surface area (TPSA) is 109 Å². The van der Waals surface area contributed by atoms with Gasteiger partial charge in [-0.1, -0.05) is 42.5 Å². The molecule has 4 N–H and O–H groups in total. The average molecular weight is 447 g/mol. The fourth-order valence-electron chi connectivity index (χ4n) is 3.06. The van der Waals surface area contributed by atoms with E-state index in [0.29, 0.717) is 23.5 Å². The molecule has 0 radical (unpaired) electrons. The Morgan fingerprint density at radius 2 is 1.39 bits per heavy atom. The summed E-state index contributed by atoms with van der Waals surface area (Å²) in [7, 11) is 1.33. The van der Waals surface area contributed by atoms with Gasteiger partial charge in [-0.3, -0.25) is 0 Å². The number of esters is 1. The third kappa shape index (κ3) is 7.10. The van der Waals surface area contributed by atoms with Crippen LogP contribution < -0.4 is 21.3 Å². The molecule has 0 fully saturated rings. The molecule has 8 nitrogen and oxygen atoms in total. The monoisotopic (exact) mass is 446 g/mol. The van der Waals surface area contributed by atoms with E-state index in [2.05, 4.69) is 26.0 Å². The first-order valence-electron chi connectivity index (χ1n) is 10.4. The Labute approximate surface area is 192 Å². The SMILES string of the molecule is COC(=O)c1ccc(CNC(=O)N[C@@H](C)c2ccc(NC(=O)Nc3ccccc3)cc2)cc1. The van der Waals surface area contributed by atoms with Crippen molar-refractivity contribution in [2.75, 3.05) is 17.7 Å². The van der Waals surface area contributed by atoms with Gasteiger partial charge in [0, 0.05) is 17.9 Å². The van der Waals surface area contributed by atoms with E-state index in [9.17, 15) is 14.4 Å². The number of benzene rings is 3. The van der Waals surface area contributed by atoms with Gasteiger partial charge in [-0.25, -0.2) is 14.4 Å². The van der Waals surface area contributed by atoms with Crippen molar-refractivity contribution >= 4 is 29.4 Å². The number of nitrogens with one attached hydrogen (secondary N) is 4. The van der Waals surface area contributed by atoms with Crippen molar-refractivity contribution in [1.82, 2.24) is 10.6 Å². The average Bonchev–Trinajstić information content (AvgIpc) is 2.83. The number of ether oxygens (including phenoxy) is 1. The maximum atomic E-state index is 12.2. The molecule has 170 valence electrons. The minimum atomic E-state index is -0.404. The van der Waals surface area contributed by atoms with Gasteiger partial charge in [0.05, 0.1) is 18.7 Å². The van der Waals surface area contributed by atoms with E-state index in [0.717, 1.165) is 11.1 Å². The van der Waals surface area contributed by atoms with Crippen molar-refractivity contribution in [1.29, 1.82) is 0 Å². The van der Waals surface area contributed by atoms with Gasteiger partial charge in [0.1, 0.15) is 0 Å². The molecular formula is C25H26N4O4. The van der Waals surface area contributed by atoms with E-state index in [1.54, 1.807) is 48.5 Å². The van der Waals surface area contributed by atoms with Crippen LogP contribution in [0.25, 0.3) is 0 Å². The third-order valence-corrected chi connectivity index (χ3v) is 4.88. The maximum absolute atomic E-state index is 12.2. The number of hydrogen-bond acceptors (Lipinski definition) is 4. The molecule has 0 saturated heterocycles. The number of methoxy groups -OCH3 is 1. The van der Waals surface area contributed by atoms with E-state index < -0.39 is 5.97 Å². The molecule has 1 atom stereocenters. The van der Waals surface area contributed by atoms with Gasteiger partial charge in [-0.15, -0.1) is 0 Å². The smallest absolute Gasteiger partial charge is 0.337 e. The lowest BCUT2D eigenvalue weighted by Crippen LogP contribution is -2.36. The van der Waals surface area contributed by atoms with Crippen LogP contribution in [0.3, 0.4) is 0 Å². The Morgan fingerprint density at radius 3 is 2.00 bits per heavy atom. The van der Waals surface area contributed by atoms with Gasteiger partial charge in [0.15, 0.2) is 0 Å². The molecule has 3 rings (SSSR count). The van der Waals surface area contributed by atoms with Crippen LogP contribution in [0.5, 0.6) is 0 Å². The standard InChI is InChI=1S/C25H26N4O4/c1-17(27-24(31)26-16-18-8-10-20(11-9-18)23(30)33-2)19-12-14-22(15-13-19)29-25(32)28-21-6-4-3-5-7-21/h3-15,17H,16H2,1-2H3,(H2,26,27,31)(H2,28,29,32)/t17-/m0/s1. The molecule has 0 aliphatic rings. The van der Waals surface area contributed by atoms with Gasteiger partial charge in [0.2, 0.25) is 0 Å². The van der Waals surface area contributed by atoms with E-state index in [1.165, 1.54) is 7.11 Å². The minimum Gasteiger partial charge on any atom is -0.465 e. The summed E-state index contributed by atoms with van der Waals surface area (Å²) in [5.74, 6) is -0.404. The summed E-state index contributed by atoms with van der Waals surface area (Å²) in [5, 5.41) is 11.2. The lowest BCUT2D eigenvalue weighted by Gasteiger charge is -2.16. The number of urea groups is 2. The third-order valence-electron chi connectivity index (χ3n) is 4.88. The van der Waals surface area contributed by atoms with E-state index in [-0.39, 0.29) is 18.1 Å². The second-order valence-corrected chi connectivity index (χ2v) is 7.30. The van der Waals surface area contributed by atoms with Crippen LogP contribution in [-0.2, 0) is 11.3 Å². The first kappa shape index (κ1) is 23.3. The predicted molar refractivity (Wildman–Crippen MR) is 127 cm³/mol. The largest absolute Gasteiger partial charge is 0.465 e. The molecule has 33 heavy (non-hydrogen) atoms. The number of carbonyl (C=O) groups excluding carboxylic acids is 3. The molecule has 0 unspecified atom stereocenters. The Bertz CT molecular complexity index is 1080. The Kier molecular flexibility index (Phi) is 8.02. The summed E-state index contributed by atoms with van der Waals surface area (Å²) in [5.41, 5.74) is 3.54. The molecule has 0 heterocycles.